The summed E-state index contributed by atoms with van der Waals surface area (Å²) in [4.78, 5) is 10.5. The first-order valence-corrected chi connectivity index (χ1v) is 2.75. The molecule has 60 valence electrons. The van der Waals surface area contributed by atoms with Crippen molar-refractivity contribution in [1.82, 2.24) is 0 Å². The highest BCUT2D eigenvalue weighted by Crippen LogP contribution is 1.90. The molecule has 0 saturated heterocycles. The Balaban J connectivity index is 3.82. The molecule has 10 heavy (non-hydrogen) atoms. The first-order chi connectivity index (χ1) is 4.63. The molecule has 0 rings (SSSR count). The predicted molar refractivity (Wildman–Crippen MR) is 31.2 cm³/mol. The normalized spacial score (nSPS) is 16.4. The molecular weight excluding hydrogens is 141 g/mol. The number of aliphatic hydroxyl groups excluding tert-OH is 4. The Kier molecular flexibility index (Phi) is 4.13. The highest BCUT2D eigenvalue weighted by Gasteiger charge is 2.21. The van der Waals surface area contributed by atoms with Crippen molar-refractivity contribution in [3.63, 3.8) is 0 Å². The number of carbonyl (C=O) groups excluding carboxylic acids is 1. The molecule has 0 amide bonds. The molecule has 0 aromatic rings. The van der Waals surface area contributed by atoms with Gasteiger partial charge in [0.2, 0.25) is 0 Å². The standard InChI is InChI=1S/C5H10O5/c6-1-3(8)5(10)4(9)2-7/h3-4,6-9H,1-2H2/t3-,4+/i1+1/m1/s1. The van der Waals surface area contributed by atoms with Crippen LogP contribution < -0.4 is 0 Å². The van der Waals surface area contributed by atoms with Crippen LogP contribution in [-0.2, 0) is 4.79 Å². The third kappa shape index (κ3) is 2.40. The van der Waals surface area contributed by atoms with Crippen molar-refractivity contribution in [2.24, 2.45) is 0 Å². The molecule has 5 heteroatoms. The minimum absolute atomic E-state index is 0.740. The van der Waals surface area contributed by atoms with Gasteiger partial charge in [0.05, 0.1) is 13.2 Å². The third-order valence-corrected chi connectivity index (χ3v) is 1.00. The van der Waals surface area contributed by atoms with E-state index in [2.05, 4.69) is 0 Å². The lowest BCUT2D eigenvalue weighted by Crippen LogP contribution is -2.36. The third-order valence-electron chi connectivity index (χ3n) is 1.00. The van der Waals surface area contributed by atoms with Crippen molar-refractivity contribution in [3.8, 4) is 0 Å². The van der Waals surface area contributed by atoms with E-state index in [-0.39, 0.29) is 0 Å². The summed E-state index contributed by atoms with van der Waals surface area (Å²) in [5.74, 6) is -0.968. The Morgan fingerprint density at radius 2 is 1.40 bits per heavy atom. The molecule has 4 N–H and O–H groups in total. The molecule has 0 aliphatic carbocycles. The van der Waals surface area contributed by atoms with E-state index in [4.69, 9.17) is 20.4 Å². The zero-order valence-corrected chi connectivity index (χ0v) is 5.27. The van der Waals surface area contributed by atoms with Crippen LogP contribution >= 0.6 is 0 Å². The molecule has 0 unspecified atom stereocenters. The molecule has 0 aliphatic heterocycles. The fourth-order valence-electron chi connectivity index (χ4n) is 0.402. The number of ketones is 1. The fraction of sp³-hybridized carbons (Fsp3) is 0.800. The predicted octanol–water partition coefficient (Wildman–Crippen LogP) is -2.74. The molecule has 0 fully saturated rings. The lowest BCUT2D eigenvalue weighted by atomic mass is 10.2. The number of hydrogen-bond acceptors (Lipinski definition) is 5. The Hall–Kier alpha value is -0.490. The van der Waals surface area contributed by atoms with Crippen LogP contribution in [0.5, 0.6) is 0 Å². The monoisotopic (exact) mass is 151 g/mol. The molecule has 0 radical (unpaired) electrons. The van der Waals surface area contributed by atoms with E-state index < -0.39 is 31.2 Å². The lowest BCUT2D eigenvalue weighted by Gasteiger charge is -2.08. The summed E-state index contributed by atoms with van der Waals surface area (Å²) in [5.41, 5.74) is 0. The fourth-order valence-corrected chi connectivity index (χ4v) is 0.402. The van der Waals surface area contributed by atoms with E-state index in [1.807, 2.05) is 0 Å². The van der Waals surface area contributed by atoms with Gasteiger partial charge >= 0.3 is 0 Å². The number of rotatable bonds is 4. The molecule has 0 bridgehead atoms. The van der Waals surface area contributed by atoms with Crippen molar-refractivity contribution < 1.29 is 25.2 Å². The summed E-state index contributed by atoms with van der Waals surface area (Å²) in [5, 5.41) is 33.5. The van der Waals surface area contributed by atoms with Crippen LogP contribution in [-0.4, -0.2) is 51.6 Å². The summed E-state index contributed by atoms with van der Waals surface area (Å²) >= 11 is 0. The van der Waals surface area contributed by atoms with Crippen LogP contribution in [0.1, 0.15) is 0 Å². The lowest BCUT2D eigenvalue weighted by molar-refractivity contribution is -0.139. The number of carbonyl (C=O) groups is 1. The average Bonchev–Trinajstić information content (AvgIpc) is 2.00. The first-order valence-electron chi connectivity index (χ1n) is 2.75. The number of aliphatic hydroxyl groups is 4. The molecule has 0 spiro atoms. The second-order valence-electron chi connectivity index (χ2n) is 1.80. The Labute approximate surface area is 57.5 Å². The molecule has 2 atom stereocenters. The van der Waals surface area contributed by atoms with Crippen LogP contribution in [0.15, 0.2) is 0 Å². The molecule has 0 saturated carbocycles. The molecule has 0 aliphatic rings. The van der Waals surface area contributed by atoms with Gasteiger partial charge < -0.3 is 20.4 Å². The molecule has 0 aromatic carbocycles. The molecule has 5 nitrogen and oxygen atoms in total. The summed E-state index contributed by atoms with van der Waals surface area (Å²) in [7, 11) is 0. The minimum Gasteiger partial charge on any atom is -0.393 e. The maximum atomic E-state index is 10.5. The van der Waals surface area contributed by atoms with Crippen LogP contribution in [0.25, 0.3) is 0 Å². The van der Waals surface area contributed by atoms with Gasteiger partial charge in [-0.05, 0) is 0 Å². The first kappa shape index (κ1) is 9.51. The summed E-state index contributed by atoms with van der Waals surface area (Å²) in [6.07, 6.45) is -3.19. The quantitative estimate of drug-likeness (QED) is 0.327. The van der Waals surface area contributed by atoms with Crippen LogP contribution in [0.2, 0.25) is 0 Å². The van der Waals surface area contributed by atoms with E-state index in [0.717, 1.165) is 0 Å². The molecule has 0 heterocycles. The highest BCUT2D eigenvalue weighted by molar-refractivity contribution is 5.87. The minimum atomic E-state index is -1.60. The second kappa shape index (κ2) is 4.35. The Bertz CT molecular complexity index is 101. The largest absolute Gasteiger partial charge is 0.393 e. The smallest absolute Gasteiger partial charge is 0.194 e. The van der Waals surface area contributed by atoms with Gasteiger partial charge in [0.1, 0.15) is 12.2 Å². The van der Waals surface area contributed by atoms with Gasteiger partial charge in [-0.25, -0.2) is 0 Å². The van der Waals surface area contributed by atoms with E-state index in [0.29, 0.717) is 0 Å². The zero-order valence-electron chi connectivity index (χ0n) is 5.27. The zero-order chi connectivity index (χ0) is 8.15. The topological polar surface area (TPSA) is 98.0 Å². The van der Waals surface area contributed by atoms with Gasteiger partial charge in [0.15, 0.2) is 5.78 Å². The SMILES string of the molecule is O=C([C@H](O)[13CH2]O)[C@@H](O)CO. The second-order valence-corrected chi connectivity index (χ2v) is 1.80. The van der Waals surface area contributed by atoms with Crippen molar-refractivity contribution in [1.29, 1.82) is 0 Å². The maximum absolute atomic E-state index is 10.5. The van der Waals surface area contributed by atoms with Gasteiger partial charge in [-0.2, -0.15) is 0 Å². The van der Waals surface area contributed by atoms with E-state index in [1.165, 1.54) is 0 Å². The van der Waals surface area contributed by atoms with Gasteiger partial charge in [-0.15, -0.1) is 0 Å². The van der Waals surface area contributed by atoms with Gasteiger partial charge in [0.25, 0.3) is 0 Å². The summed E-state index contributed by atoms with van der Waals surface area (Å²) in [6, 6.07) is 0. The van der Waals surface area contributed by atoms with Crippen molar-refractivity contribution in [2.75, 3.05) is 13.2 Å². The Morgan fingerprint density at radius 1 is 1.10 bits per heavy atom. The van der Waals surface area contributed by atoms with Gasteiger partial charge in [0, 0.05) is 0 Å². The summed E-state index contributed by atoms with van der Waals surface area (Å²) in [6.45, 7) is -1.48. The van der Waals surface area contributed by atoms with Crippen LogP contribution in [0.4, 0.5) is 0 Å². The van der Waals surface area contributed by atoms with Crippen LogP contribution in [0, 0.1) is 0 Å². The van der Waals surface area contributed by atoms with Crippen LogP contribution in [0.3, 0.4) is 0 Å². The maximum Gasteiger partial charge on any atom is 0.194 e. The average molecular weight is 151 g/mol. The number of hydrogen-bond donors (Lipinski definition) is 4. The Morgan fingerprint density at radius 3 is 1.60 bits per heavy atom. The van der Waals surface area contributed by atoms with Crippen molar-refractivity contribution in [3.05, 3.63) is 0 Å². The molecular formula is C5H10O5. The highest BCUT2D eigenvalue weighted by atomic mass is 16.4. The molecule has 0 aromatic heterocycles. The number of Topliss-reactive ketones (excluding diaryl/α,β-unsaturated/α-hetero) is 1. The van der Waals surface area contributed by atoms with Crippen molar-refractivity contribution in [2.45, 2.75) is 12.2 Å². The van der Waals surface area contributed by atoms with E-state index >= 15 is 0 Å². The van der Waals surface area contributed by atoms with Gasteiger partial charge in [-0.1, -0.05) is 0 Å². The van der Waals surface area contributed by atoms with E-state index in [1.54, 1.807) is 0 Å². The van der Waals surface area contributed by atoms with Crippen molar-refractivity contribution >= 4 is 5.78 Å². The summed E-state index contributed by atoms with van der Waals surface area (Å²) < 4.78 is 0. The van der Waals surface area contributed by atoms with E-state index in [9.17, 15) is 4.79 Å². The van der Waals surface area contributed by atoms with Gasteiger partial charge in [-0.3, -0.25) is 4.79 Å².